The zero-order valence-corrected chi connectivity index (χ0v) is 23.8. The molecule has 0 N–H and O–H groups in total. The smallest absolute Gasteiger partial charge is 0.0950 e. The molecule has 0 unspecified atom stereocenters. The third-order valence-electron chi connectivity index (χ3n) is 9.73. The van der Waals surface area contributed by atoms with Crippen molar-refractivity contribution < 1.29 is 0 Å². The van der Waals surface area contributed by atoms with Crippen LogP contribution in [0.25, 0.3) is 11.1 Å². The number of fused-ring (bicyclic) bond motifs is 4. The molecule has 0 bridgehead atoms. The van der Waals surface area contributed by atoms with Gasteiger partial charge in [0, 0.05) is 25.2 Å². The first-order valence-electron chi connectivity index (χ1n) is 15.1. The topological polar surface area (TPSA) is 13.0 Å². The molecule has 4 aliphatic rings. The molecule has 0 saturated heterocycles. The molecule has 4 heteroatoms. The van der Waals surface area contributed by atoms with Crippen LogP contribution in [-0.4, -0.2) is 27.4 Å². The Kier molecular flexibility index (Phi) is 5.58. The van der Waals surface area contributed by atoms with Gasteiger partial charge in [-0.1, -0.05) is 36.4 Å². The largest absolute Gasteiger partial charge is 0.355 e. The van der Waals surface area contributed by atoms with Gasteiger partial charge in [-0.2, -0.15) is 0 Å². The van der Waals surface area contributed by atoms with Gasteiger partial charge in [-0.15, -0.1) is 0 Å². The van der Waals surface area contributed by atoms with Crippen molar-refractivity contribution >= 4 is 34.1 Å². The molecule has 202 valence electrons. The highest BCUT2D eigenvalue weighted by atomic mass is 15.4. The maximum atomic E-state index is 2.58. The minimum atomic E-state index is 0.880. The Morgan fingerprint density at radius 3 is 1.27 bits per heavy atom. The van der Waals surface area contributed by atoms with Gasteiger partial charge in [0.2, 0.25) is 0 Å². The Balaban J connectivity index is 1.42. The second kappa shape index (κ2) is 9.33. The summed E-state index contributed by atoms with van der Waals surface area (Å²) in [5.74, 6) is 0. The fourth-order valence-corrected chi connectivity index (χ4v) is 7.81. The van der Waals surface area contributed by atoms with Crippen molar-refractivity contribution in [2.45, 2.75) is 51.4 Å². The van der Waals surface area contributed by atoms with Gasteiger partial charge in [0.15, 0.2) is 0 Å². The molecule has 2 heterocycles. The van der Waals surface area contributed by atoms with Gasteiger partial charge < -0.3 is 19.6 Å². The van der Waals surface area contributed by atoms with E-state index in [1.165, 1.54) is 96.6 Å². The number of benzene rings is 4. The Morgan fingerprint density at radius 1 is 0.425 bits per heavy atom. The maximum Gasteiger partial charge on any atom is 0.0950 e. The van der Waals surface area contributed by atoms with Crippen molar-refractivity contribution in [3.63, 3.8) is 0 Å². The molecule has 4 nitrogen and oxygen atoms in total. The lowest BCUT2D eigenvalue weighted by Crippen LogP contribution is -2.27. The summed E-state index contributed by atoms with van der Waals surface area (Å²) in [6, 6.07) is 27.6. The summed E-state index contributed by atoms with van der Waals surface area (Å²) in [6.07, 6.45) is 9.87. The second-order valence-corrected chi connectivity index (χ2v) is 12.1. The number of para-hydroxylation sites is 4. The molecule has 0 fully saturated rings. The first-order chi connectivity index (χ1) is 19.7. The van der Waals surface area contributed by atoms with Gasteiger partial charge in [0.1, 0.15) is 0 Å². The molecule has 4 aromatic rings. The molecule has 2 aliphatic heterocycles. The average Bonchev–Trinajstić information content (AvgIpc) is 3.52. The van der Waals surface area contributed by atoms with E-state index in [0.29, 0.717) is 0 Å². The van der Waals surface area contributed by atoms with Crippen LogP contribution in [0.3, 0.4) is 0 Å². The normalized spacial score (nSPS) is 17.6. The number of anilines is 6. The van der Waals surface area contributed by atoms with Crippen LogP contribution in [0.4, 0.5) is 34.1 Å². The van der Waals surface area contributed by atoms with Crippen LogP contribution in [0.5, 0.6) is 0 Å². The Hall–Kier alpha value is -3.92. The van der Waals surface area contributed by atoms with Crippen LogP contribution in [0.1, 0.15) is 47.9 Å². The summed E-state index contributed by atoms with van der Waals surface area (Å²) in [5, 5.41) is 0. The number of hydrogen-bond donors (Lipinski definition) is 0. The van der Waals surface area contributed by atoms with Crippen LogP contribution in [-0.2, 0) is 25.7 Å². The quantitative estimate of drug-likeness (QED) is 0.267. The van der Waals surface area contributed by atoms with E-state index in [2.05, 4.69) is 106 Å². The summed E-state index contributed by atoms with van der Waals surface area (Å²) in [5.41, 5.74) is 17.3. The van der Waals surface area contributed by atoms with Crippen molar-refractivity contribution in [1.29, 1.82) is 0 Å². The minimum Gasteiger partial charge on any atom is -0.355 e. The average molecular weight is 527 g/mol. The zero-order valence-electron chi connectivity index (χ0n) is 23.8. The van der Waals surface area contributed by atoms with E-state index in [1.807, 2.05) is 0 Å². The first kappa shape index (κ1) is 23.9. The Bertz CT molecular complexity index is 1500. The van der Waals surface area contributed by atoms with Gasteiger partial charge in [-0.25, -0.2) is 0 Å². The third kappa shape index (κ3) is 3.58. The van der Waals surface area contributed by atoms with Gasteiger partial charge in [0.05, 0.1) is 47.5 Å². The summed E-state index contributed by atoms with van der Waals surface area (Å²) in [6.45, 7) is 1.76. The van der Waals surface area contributed by atoms with Gasteiger partial charge in [0.25, 0.3) is 0 Å². The molecule has 0 radical (unpaired) electrons. The third-order valence-corrected chi connectivity index (χ3v) is 9.73. The van der Waals surface area contributed by atoms with Gasteiger partial charge in [-0.05, 0) is 110 Å². The van der Waals surface area contributed by atoms with E-state index in [9.17, 15) is 0 Å². The monoisotopic (exact) mass is 526 g/mol. The lowest BCUT2D eigenvalue weighted by Gasteiger charge is -2.33. The molecule has 0 saturated carbocycles. The SMILES string of the molecule is CN1CN(c2ccc3c(c2-c2c(N4CN(C)c5ccccc54)ccc4c2CCCC4)CCCC3)c2ccccc21. The van der Waals surface area contributed by atoms with Crippen LogP contribution in [0.15, 0.2) is 72.8 Å². The van der Waals surface area contributed by atoms with Crippen molar-refractivity contribution in [3.05, 3.63) is 95.1 Å². The van der Waals surface area contributed by atoms with Crippen LogP contribution in [0, 0.1) is 0 Å². The molecule has 2 aliphatic carbocycles. The highest BCUT2D eigenvalue weighted by molar-refractivity contribution is 5.99. The van der Waals surface area contributed by atoms with E-state index in [-0.39, 0.29) is 0 Å². The Morgan fingerprint density at radius 2 is 0.825 bits per heavy atom. The molecule has 4 aromatic carbocycles. The summed E-state index contributed by atoms with van der Waals surface area (Å²) >= 11 is 0. The lowest BCUT2D eigenvalue weighted by atomic mass is 9.79. The molecule has 0 amide bonds. The van der Waals surface area contributed by atoms with E-state index in [1.54, 1.807) is 22.3 Å². The fraction of sp³-hybridized carbons (Fsp3) is 0.333. The van der Waals surface area contributed by atoms with Crippen molar-refractivity contribution in [1.82, 2.24) is 0 Å². The predicted molar refractivity (Wildman–Crippen MR) is 169 cm³/mol. The van der Waals surface area contributed by atoms with Crippen LogP contribution >= 0.6 is 0 Å². The summed E-state index contributed by atoms with van der Waals surface area (Å²) in [4.78, 5) is 9.95. The van der Waals surface area contributed by atoms with E-state index >= 15 is 0 Å². The molecule has 0 spiro atoms. The van der Waals surface area contributed by atoms with Crippen molar-refractivity contribution in [2.24, 2.45) is 0 Å². The van der Waals surface area contributed by atoms with E-state index < -0.39 is 0 Å². The molecular weight excluding hydrogens is 488 g/mol. The number of hydrogen-bond acceptors (Lipinski definition) is 4. The first-order valence-corrected chi connectivity index (χ1v) is 15.1. The second-order valence-electron chi connectivity index (χ2n) is 12.1. The van der Waals surface area contributed by atoms with Crippen LogP contribution < -0.4 is 19.6 Å². The number of nitrogens with zero attached hydrogens (tertiary/aromatic N) is 4. The standard InChI is InChI=1S/C36H38N4/c1-37-23-39(31-17-9-7-15-29(31)37)33-21-19-25-11-3-5-13-27(25)35(33)36-28-14-6-4-12-26(28)20-22-34(36)40-24-38(2)30-16-8-10-18-32(30)40/h7-10,15-22H,3-6,11-14,23-24H2,1-2H3. The van der Waals surface area contributed by atoms with Crippen LogP contribution in [0.2, 0.25) is 0 Å². The molecule has 0 aromatic heterocycles. The highest BCUT2D eigenvalue weighted by Crippen LogP contribution is 2.52. The fourth-order valence-electron chi connectivity index (χ4n) is 7.81. The number of aryl methyl sites for hydroxylation is 2. The van der Waals surface area contributed by atoms with Crippen molar-refractivity contribution in [2.75, 3.05) is 47.0 Å². The summed E-state index contributed by atoms with van der Waals surface area (Å²) < 4.78 is 0. The molecule has 0 atom stereocenters. The lowest BCUT2D eigenvalue weighted by molar-refractivity contribution is 0.681. The Labute approximate surface area is 238 Å². The summed E-state index contributed by atoms with van der Waals surface area (Å²) in [7, 11) is 4.45. The molecule has 8 rings (SSSR count). The minimum absolute atomic E-state index is 0.880. The number of rotatable bonds is 3. The molecular formula is C36H38N4. The predicted octanol–water partition coefficient (Wildman–Crippen LogP) is 8.20. The van der Waals surface area contributed by atoms with E-state index in [4.69, 9.17) is 0 Å². The van der Waals surface area contributed by atoms with Crippen molar-refractivity contribution in [3.8, 4) is 11.1 Å². The highest BCUT2D eigenvalue weighted by Gasteiger charge is 2.34. The van der Waals surface area contributed by atoms with E-state index in [0.717, 1.165) is 13.3 Å². The van der Waals surface area contributed by atoms with Gasteiger partial charge >= 0.3 is 0 Å². The van der Waals surface area contributed by atoms with Gasteiger partial charge in [-0.3, -0.25) is 0 Å². The maximum absolute atomic E-state index is 2.58. The molecule has 40 heavy (non-hydrogen) atoms. The zero-order chi connectivity index (χ0) is 26.8.